The topological polar surface area (TPSA) is 76.4 Å². The van der Waals surface area contributed by atoms with E-state index in [1.54, 1.807) is 19.4 Å². The molecule has 1 aliphatic carbocycles. The third-order valence-corrected chi connectivity index (χ3v) is 8.24. The molecule has 0 bridgehead atoms. The van der Waals surface area contributed by atoms with E-state index >= 15 is 0 Å². The molecule has 0 N–H and O–H groups in total. The number of carbonyl (C=O) groups excluding carboxylic acids is 1. The Morgan fingerprint density at radius 3 is 2.68 bits per heavy atom. The van der Waals surface area contributed by atoms with Crippen LogP contribution in [0, 0.1) is 0 Å². The second-order valence-corrected chi connectivity index (χ2v) is 10.5. The second-order valence-electron chi connectivity index (χ2n) is 10.5. The normalized spacial score (nSPS) is 20.8. The Morgan fingerprint density at radius 2 is 1.89 bits per heavy atom. The summed E-state index contributed by atoms with van der Waals surface area (Å²) in [6.45, 7) is 6.57. The molecule has 1 saturated heterocycles. The van der Waals surface area contributed by atoms with Gasteiger partial charge < -0.3 is 19.1 Å². The van der Waals surface area contributed by atoms with Crippen LogP contribution in [0.25, 0.3) is 11.0 Å². The first-order valence-electron chi connectivity index (χ1n) is 14.0. The lowest BCUT2D eigenvalue weighted by Crippen LogP contribution is -2.43. The second kappa shape index (κ2) is 11.5. The number of para-hydroxylation sites is 2. The lowest BCUT2D eigenvalue weighted by Gasteiger charge is -2.38. The molecule has 3 heterocycles. The minimum atomic E-state index is 0.231. The van der Waals surface area contributed by atoms with Crippen LogP contribution in [0.3, 0.4) is 0 Å². The Hall–Kier alpha value is -3.16. The van der Waals surface area contributed by atoms with E-state index in [9.17, 15) is 4.79 Å². The van der Waals surface area contributed by atoms with Crippen LogP contribution in [0.2, 0.25) is 0 Å². The Kier molecular flexibility index (Phi) is 7.91. The van der Waals surface area contributed by atoms with Gasteiger partial charge in [0.15, 0.2) is 0 Å². The van der Waals surface area contributed by atoms with Crippen LogP contribution in [0.5, 0.6) is 5.88 Å². The van der Waals surface area contributed by atoms with Crippen molar-refractivity contribution in [2.45, 2.75) is 89.8 Å². The summed E-state index contributed by atoms with van der Waals surface area (Å²) in [5.74, 6) is 2.83. The highest BCUT2D eigenvalue weighted by Crippen LogP contribution is 2.34. The molecule has 8 nitrogen and oxygen atoms in total. The number of benzene rings is 1. The molecule has 2 aromatic heterocycles. The summed E-state index contributed by atoms with van der Waals surface area (Å²) in [6, 6.07) is 10.8. The summed E-state index contributed by atoms with van der Waals surface area (Å²) in [5, 5.41) is 0. The molecule has 0 spiro atoms. The van der Waals surface area contributed by atoms with Gasteiger partial charge in [0.1, 0.15) is 5.82 Å². The number of carbonyl (C=O) groups is 1. The summed E-state index contributed by atoms with van der Waals surface area (Å²) in [6.07, 6.45) is 10.4. The van der Waals surface area contributed by atoms with Gasteiger partial charge >= 0.3 is 0 Å². The molecule has 1 aromatic carbocycles. The van der Waals surface area contributed by atoms with E-state index in [2.05, 4.69) is 56.4 Å². The number of amides is 1. The Labute approximate surface area is 220 Å². The first kappa shape index (κ1) is 25.5. The lowest BCUT2D eigenvalue weighted by atomic mass is 9.93. The third kappa shape index (κ3) is 5.43. The molecule has 8 heteroatoms. The summed E-state index contributed by atoms with van der Waals surface area (Å²) < 4.78 is 7.65. The van der Waals surface area contributed by atoms with Crippen molar-refractivity contribution in [3.63, 3.8) is 0 Å². The first-order valence-corrected chi connectivity index (χ1v) is 14.0. The molecule has 2 aliphatic rings. The molecule has 37 heavy (non-hydrogen) atoms. The molecular weight excluding hydrogens is 464 g/mol. The molecular formula is C29H40N6O2. The number of imidazole rings is 1. The number of anilines is 1. The summed E-state index contributed by atoms with van der Waals surface area (Å²) in [5.41, 5.74) is 2.10. The molecule has 1 amide bonds. The molecule has 3 aromatic rings. The number of hydrogen-bond donors (Lipinski definition) is 0. The maximum Gasteiger partial charge on any atom is 0.228 e. The van der Waals surface area contributed by atoms with Crippen molar-refractivity contribution in [2.75, 3.05) is 25.1 Å². The van der Waals surface area contributed by atoms with Crippen LogP contribution in [0.4, 0.5) is 5.95 Å². The van der Waals surface area contributed by atoms with E-state index < -0.39 is 0 Å². The molecule has 198 valence electrons. The monoisotopic (exact) mass is 504 g/mol. The van der Waals surface area contributed by atoms with Crippen LogP contribution in [-0.2, 0) is 11.3 Å². The predicted molar refractivity (Wildman–Crippen MR) is 146 cm³/mol. The smallest absolute Gasteiger partial charge is 0.228 e. The third-order valence-electron chi connectivity index (χ3n) is 8.24. The molecule has 1 saturated carbocycles. The maximum absolute atomic E-state index is 13.4. The molecule has 2 fully saturated rings. The quantitative estimate of drug-likeness (QED) is 0.421. The number of aryl methyl sites for hydroxylation is 1. The highest BCUT2D eigenvalue weighted by atomic mass is 16.5. The minimum Gasteiger partial charge on any atom is -0.481 e. The fourth-order valence-corrected chi connectivity index (χ4v) is 6.20. The number of piperidine rings is 1. The van der Waals surface area contributed by atoms with Gasteiger partial charge in [-0.25, -0.2) is 9.97 Å². The van der Waals surface area contributed by atoms with Crippen molar-refractivity contribution in [1.29, 1.82) is 0 Å². The summed E-state index contributed by atoms with van der Waals surface area (Å²) >= 11 is 0. The van der Waals surface area contributed by atoms with Gasteiger partial charge in [-0.3, -0.25) is 4.79 Å². The van der Waals surface area contributed by atoms with Gasteiger partial charge in [0.05, 0.1) is 18.1 Å². The van der Waals surface area contributed by atoms with Crippen LogP contribution < -0.4 is 9.64 Å². The number of nitrogens with zero attached hydrogens (tertiary/aromatic N) is 6. The standard InChI is InChI=1S/C29H40N6O2/c1-4-33(23-10-6-5-7-11-23)27(36)17-19-34-25-13-9-8-12-24(25)31-28(34)22-15-14-21(2)35(20-22)29-30-18-16-26(32-29)37-3/h8-9,12-13,16,18,21-23H,4-7,10-11,14-15,17,19-20H2,1-3H3. The van der Waals surface area contributed by atoms with Crippen molar-refractivity contribution in [3.8, 4) is 5.88 Å². The van der Waals surface area contributed by atoms with Gasteiger partial charge in [0.2, 0.25) is 17.7 Å². The van der Waals surface area contributed by atoms with Gasteiger partial charge in [-0.2, -0.15) is 4.98 Å². The maximum atomic E-state index is 13.4. The molecule has 1 aliphatic heterocycles. The van der Waals surface area contributed by atoms with Crippen molar-refractivity contribution in [3.05, 3.63) is 42.4 Å². The van der Waals surface area contributed by atoms with E-state index in [1.165, 1.54) is 19.3 Å². The van der Waals surface area contributed by atoms with Gasteiger partial charge in [0, 0.05) is 56.3 Å². The van der Waals surface area contributed by atoms with Crippen molar-refractivity contribution in [1.82, 2.24) is 24.4 Å². The molecule has 2 unspecified atom stereocenters. The zero-order valence-corrected chi connectivity index (χ0v) is 22.5. The van der Waals surface area contributed by atoms with Gasteiger partial charge in [-0.1, -0.05) is 31.4 Å². The van der Waals surface area contributed by atoms with E-state index in [4.69, 9.17) is 9.72 Å². The number of hydrogen-bond acceptors (Lipinski definition) is 6. The number of fused-ring (bicyclic) bond motifs is 1. The first-order chi connectivity index (χ1) is 18.1. The van der Waals surface area contributed by atoms with Crippen molar-refractivity contribution < 1.29 is 9.53 Å². The van der Waals surface area contributed by atoms with E-state index in [0.717, 1.165) is 55.6 Å². The highest BCUT2D eigenvalue weighted by molar-refractivity contribution is 5.78. The summed E-state index contributed by atoms with van der Waals surface area (Å²) in [7, 11) is 1.63. The van der Waals surface area contributed by atoms with Gasteiger partial charge in [-0.05, 0) is 51.7 Å². The van der Waals surface area contributed by atoms with Gasteiger partial charge in [-0.15, -0.1) is 0 Å². The fraction of sp³-hybridized carbons (Fsp3) is 0.586. The fourth-order valence-electron chi connectivity index (χ4n) is 6.20. The van der Waals surface area contributed by atoms with Crippen LogP contribution >= 0.6 is 0 Å². The zero-order valence-electron chi connectivity index (χ0n) is 22.5. The number of ether oxygens (including phenoxy) is 1. The van der Waals surface area contributed by atoms with E-state index in [0.29, 0.717) is 36.9 Å². The predicted octanol–water partition coefficient (Wildman–Crippen LogP) is 5.18. The minimum absolute atomic E-state index is 0.231. The van der Waals surface area contributed by atoms with Crippen molar-refractivity contribution >= 4 is 22.9 Å². The highest BCUT2D eigenvalue weighted by Gasteiger charge is 2.32. The lowest BCUT2D eigenvalue weighted by molar-refractivity contribution is -0.134. The van der Waals surface area contributed by atoms with Crippen molar-refractivity contribution in [2.24, 2.45) is 0 Å². The van der Waals surface area contributed by atoms with Crippen LogP contribution in [0.1, 0.15) is 77.0 Å². The van der Waals surface area contributed by atoms with Crippen LogP contribution in [0.15, 0.2) is 36.5 Å². The number of methoxy groups -OCH3 is 1. The Balaban J connectivity index is 1.38. The number of rotatable bonds is 8. The average molecular weight is 505 g/mol. The largest absolute Gasteiger partial charge is 0.481 e. The molecule has 0 radical (unpaired) electrons. The van der Waals surface area contributed by atoms with E-state index in [1.807, 2.05) is 6.07 Å². The van der Waals surface area contributed by atoms with Crippen LogP contribution in [-0.4, -0.2) is 62.6 Å². The summed E-state index contributed by atoms with van der Waals surface area (Å²) in [4.78, 5) is 32.0. The zero-order chi connectivity index (χ0) is 25.8. The SMILES string of the molecule is CCN(C(=O)CCn1c(C2CCC(C)N(c3nccc(OC)n3)C2)nc2ccccc21)C1CCCCC1. The Morgan fingerprint density at radius 1 is 1.08 bits per heavy atom. The Bertz CT molecular complexity index is 1200. The number of aromatic nitrogens is 4. The van der Waals surface area contributed by atoms with Gasteiger partial charge in [0.25, 0.3) is 0 Å². The van der Waals surface area contributed by atoms with E-state index in [-0.39, 0.29) is 11.8 Å². The average Bonchev–Trinajstić information content (AvgIpc) is 3.31. The molecule has 2 atom stereocenters. The molecule has 5 rings (SSSR count).